The molecule has 1 N–H and O–H groups in total. The Morgan fingerprint density at radius 1 is 1.38 bits per heavy atom. The Balaban J connectivity index is 1.42. The largest absolute Gasteiger partial charge is 0.493 e. The van der Waals surface area contributed by atoms with Gasteiger partial charge < -0.3 is 9.64 Å². The zero-order chi connectivity index (χ0) is 16.8. The van der Waals surface area contributed by atoms with Crippen LogP contribution in [-0.2, 0) is 4.79 Å². The summed E-state index contributed by atoms with van der Waals surface area (Å²) in [7, 11) is 0. The van der Waals surface area contributed by atoms with E-state index in [0.717, 1.165) is 49.4 Å². The maximum Gasteiger partial charge on any atom is 0.222 e. The minimum atomic E-state index is 0.229. The highest BCUT2D eigenvalue weighted by atomic mass is 16.5. The third-order valence-corrected chi connectivity index (χ3v) is 4.62. The van der Waals surface area contributed by atoms with E-state index < -0.39 is 0 Å². The third kappa shape index (κ3) is 4.16. The number of amides is 1. The van der Waals surface area contributed by atoms with Gasteiger partial charge in [-0.15, -0.1) is 0 Å². The first kappa shape index (κ1) is 16.6. The van der Waals surface area contributed by atoms with Crippen LogP contribution in [0.3, 0.4) is 0 Å². The molecule has 1 saturated heterocycles. The number of hydrogen-bond donors (Lipinski definition) is 1. The molecule has 1 aromatic carbocycles. The fourth-order valence-electron chi connectivity index (χ4n) is 3.23. The van der Waals surface area contributed by atoms with Crippen molar-refractivity contribution in [2.24, 2.45) is 0 Å². The summed E-state index contributed by atoms with van der Waals surface area (Å²) in [6.45, 7) is 4.26. The van der Waals surface area contributed by atoms with Gasteiger partial charge in [0.2, 0.25) is 5.91 Å². The highest BCUT2D eigenvalue weighted by molar-refractivity contribution is 5.76. The zero-order valence-corrected chi connectivity index (χ0v) is 14.2. The van der Waals surface area contributed by atoms with Crippen LogP contribution in [0, 0.1) is 6.92 Å². The molecule has 5 nitrogen and oxygen atoms in total. The Morgan fingerprint density at radius 3 is 3.04 bits per heavy atom. The van der Waals surface area contributed by atoms with Crippen LogP contribution < -0.4 is 4.74 Å². The second-order valence-corrected chi connectivity index (χ2v) is 6.41. The summed E-state index contributed by atoms with van der Waals surface area (Å²) >= 11 is 0. The molecule has 1 amide bonds. The lowest BCUT2D eigenvalue weighted by Gasteiger charge is -2.32. The molecule has 3 rings (SSSR count). The van der Waals surface area contributed by atoms with Gasteiger partial charge in [-0.3, -0.25) is 9.89 Å². The molecule has 2 aromatic rings. The Hall–Kier alpha value is -2.30. The minimum absolute atomic E-state index is 0.229. The number of nitrogens with zero attached hydrogens (tertiary/aromatic N) is 2. The number of aryl methyl sites for hydroxylation is 1. The summed E-state index contributed by atoms with van der Waals surface area (Å²) in [5, 5.41) is 7.05. The van der Waals surface area contributed by atoms with E-state index in [-0.39, 0.29) is 5.91 Å². The van der Waals surface area contributed by atoms with Crippen molar-refractivity contribution in [2.45, 2.75) is 38.5 Å². The molecule has 0 saturated carbocycles. The van der Waals surface area contributed by atoms with E-state index in [2.05, 4.69) is 10.2 Å². The van der Waals surface area contributed by atoms with Crippen LogP contribution in [0.25, 0.3) is 0 Å². The van der Waals surface area contributed by atoms with Crippen LogP contribution in [0.5, 0.6) is 5.75 Å². The molecule has 1 fully saturated rings. The van der Waals surface area contributed by atoms with E-state index in [1.807, 2.05) is 42.2 Å². The molecular weight excluding hydrogens is 302 g/mol. The van der Waals surface area contributed by atoms with Gasteiger partial charge in [0.15, 0.2) is 0 Å². The first-order valence-electron chi connectivity index (χ1n) is 8.69. The number of H-pyrrole nitrogens is 1. The van der Waals surface area contributed by atoms with Crippen molar-refractivity contribution in [2.75, 3.05) is 19.7 Å². The summed E-state index contributed by atoms with van der Waals surface area (Å²) in [4.78, 5) is 14.4. The summed E-state index contributed by atoms with van der Waals surface area (Å²) in [6, 6.07) is 9.98. The number of para-hydroxylation sites is 1. The van der Waals surface area contributed by atoms with Gasteiger partial charge in [-0.05, 0) is 43.9 Å². The smallest absolute Gasteiger partial charge is 0.222 e. The number of aromatic nitrogens is 2. The van der Waals surface area contributed by atoms with Gasteiger partial charge in [-0.25, -0.2) is 0 Å². The number of nitrogens with one attached hydrogen (secondary N) is 1. The lowest BCUT2D eigenvalue weighted by Crippen LogP contribution is -2.39. The Morgan fingerprint density at radius 2 is 2.25 bits per heavy atom. The van der Waals surface area contributed by atoms with Gasteiger partial charge >= 0.3 is 0 Å². The average molecular weight is 327 g/mol. The molecule has 128 valence electrons. The van der Waals surface area contributed by atoms with E-state index in [0.29, 0.717) is 18.9 Å². The second-order valence-electron chi connectivity index (χ2n) is 6.41. The summed E-state index contributed by atoms with van der Waals surface area (Å²) in [5.41, 5.74) is 2.26. The molecule has 24 heavy (non-hydrogen) atoms. The van der Waals surface area contributed by atoms with Gasteiger partial charge in [0, 0.05) is 37.3 Å². The van der Waals surface area contributed by atoms with Crippen molar-refractivity contribution < 1.29 is 9.53 Å². The predicted octanol–water partition coefficient (Wildman–Crippen LogP) is 3.28. The standard InChI is InChI=1S/C19H25N3O2/c1-15-6-2-3-8-18(15)24-13-5-9-19(23)22-12-4-7-16(14-22)17-10-11-20-21-17/h2-3,6,8,10-11,16H,4-5,7,9,12-14H2,1H3,(H,20,21)/t16-/m0/s1. The molecule has 2 heterocycles. The number of rotatable bonds is 6. The van der Waals surface area contributed by atoms with Gasteiger partial charge in [0.25, 0.3) is 0 Å². The van der Waals surface area contributed by atoms with E-state index in [4.69, 9.17) is 4.74 Å². The van der Waals surface area contributed by atoms with Crippen molar-refractivity contribution in [3.8, 4) is 5.75 Å². The van der Waals surface area contributed by atoms with Gasteiger partial charge in [0.1, 0.15) is 5.75 Å². The van der Waals surface area contributed by atoms with Crippen LogP contribution in [0.1, 0.15) is 42.9 Å². The van der Waals surface area contributed by atoms with E-state index in [1.165, 1.54) is 0 Å². The first-order chi connectivity index (χ1) is 11.7. The van der Waals surface area contributed by atoms with Crippen LogP contribution >= 0.6 is 0 Å². The highest BCUT2D eigenvalue weighted by Crippen LogP contribution is 2.25. The van der Waals surface area contributed by atoms with E-state index in [9.17, 15) is 4.79 Å². The zero-order valence-electron chi connectivity index (χ0n) is 14.2. The SMILES string of the molecule is Cc1ccccc1OCCCC(=O)N1CCC[C@H](c2ccn[nH]2)C1. The molecule has 0 bridgehead atoms. The van der Waals surface area contributed by atoms with Crippen molar-refractivity contribution in [1.82, 2.24) is 15.1 Å². The number of likely N-dealkylation sites (tertiary alicyclic amines) is 1. The monoisotopic (exact) mass is 327 g/mol. The van der Waals surface area contributed by atoms with Crippen LogP contribution in [0.2, 0.25) is 0 Å². The van der Waals surface area contributed by atoms with Crippen molar-refractivity contribution in [1.29, 1.82) is 0 Å². The molecule has 0 spiro atoms. The summed E-state index contributed by atoms with van der Waals surface area (Å²) in [5.74, 6) is 1.52. The molecule has 1 atom stereocenters. The van der Waals surface area contributed by atoms with Crippen molar-refractivity contribution in [3.63, 3.8) is 0 Å². The normalized spacial score (nSPS) is 17.7. The lowest BCUT2D eigenvalue weighted by molar-refractivity contribution is -0.132. The first-order valence-corrected chi connectivity index (χ1v) is 8.69. The third-order valence-electron chi connectivity index (χ3n) is 4.62. The fourth-order valence-corrected chi connectivity index (χ4v) is 3.23. The Kier molecular flexibility index (Phi) is 5.51. The maximum absolute atomic E-state index is 12.4. The van der Waals surface area contributed by atoms with Gasteiger partial charge in [-0.1, -0.05) is 18.2 Å². The predicted molar refractivity (Wildman–Crippen MR) is 93.1 cm³/mol. The highest BCUT2D eigenvalue weighted by Gasteiger charge is 2.25. The molecule has 0 unspecified atom stereocenters. The summed E-state index contributed by atoms with van der Waals surface area (Å²) in [6.07, 6.45) is 5.23. The van der Waals surface area contributed by atoms with Crippen LogP contribution in [0.4, 0.5) is 0 Å². The minimum Gasteiger partial charge on any atom is -0.493 e. The van der Waals surface area contributed by atoms with Crippen LogP contribution in [0.15, 0.2) is 36.5 Å². The van der Waals surface area contributed by atoms with Crippen molar-refractivity contribution >= 4 is 5.91 Å². The number of carbonyl (C=O) groups excluding carboxylic acids is 1. The summed E-state index contributed by atoms with van der Waals surface area (Å²) < 4.78 is 5.77. The topological polar surface area (TPSA) is 58.2 Å². The van der Waals surface area contributed by atoms with Gasteiger partial charge in [0.05, 0.1) is 6.61 Å². The molecular formula is C19H25N3O2. The molecule has 1 aliphatic heterocycles. The Bertz CT molecular complexity index is 654. The molecule has 0 aliphatic carbocycles. The average Bonchev–Trinajstić information content (AvgIpc) is 3.15. The molecule has 5 heteroatoms. The molecule has 1 aliphatic rings. The quantitative estimate of drug-likeness (QED) is 0.828. The van der Waals surface area contributed by atoms with E-state index in [1.54, 1.807) is 6.20 Å². The maximum atomic E-state index is 12.4. The second kappa shape index (κ2) is 7.99. The number of benzene rings is 1. The van der Waals surface area contributed by atoms with E-state index >= 15 is 0 Å². The number of piperidine rings is 1. The molecule has 0 radical (unpaired) electrons. The van der Waals surface area contributed by atoms with Crippen LogP contribution in [-0.4, -0.2) is 40.7 Å². The fraction of sp³-hybridized carbons (Fsp3) is 0.474. The number of aromatic amines is 1. The van der Waals surface area contributed by atoms with Crippen molar-refractivity contribution in [3.05, 3.63) is 47.8 Å². The number of ether oxygens (including phenoxy) is 1. The number of hydrogen-bond acceptors (Lipinski definition) is 3. The molecule has 1 aromatic heterocycles. The van der Waals surface area contributed by atoms with Gasteiger partial charge in [-0.2, -0.15) is 5.10 Å². The lowest BCUT2D eigenvalue weighted by atomic mass is 9.94. The Labute approximate surface area is 143 Å². The number of carbonyl (C=O) groups is 1.